The maximum atomic E-state index is 13.9. The highest BCUT2D eigenvalue weighted by Crippen LogP contribution is 2.32. The topological polar surface area (TPSA) is 76.0 Å². The van der Waals surface area contributed by atoms with Crippen molar-refractivity contribution >= 4 is 34.0 Å². The van der Waals surface area contributed by atoms with E-state index in [1.54, 1.807) is 31.3 Å². The van der Waals surface area contributed by atoms with E-state index in [0.717, 1.165) is 5.56 Å². The lowest BCUT2D eigenvalue weighted by atomic mass is 10.1. The summed E-state index contributed by atoms with van der Waals surface area (Å²) in [7, 11) is 0. The number of hydrogen-bond acceptors (Lipinski definition) is 4. The van der Waals surface area contributed by atoms with Crippen LogP contribution in [0.2, 0.25) is 0 Å². The molecule has 35 heavy (non-hydrogen) atoms. The third-order valence-corrected chi connectivity index (χ3v) is 5.43. The number of carbonyl (C=O) groups is 1. The van der Waals surface area contributed by atoms with Crippen molar-refractivity contribution in [1.29, 1.82) is 0 Å². The molecule has 0 saturated carbocycles. The molecule has 180 valence electrons. The van der Waals surface area contributed by atoms with Crippen molar-refractivity contribution in [3.05, 3.63) is 93.7 Å². The number of aryl methyl sites for hydroxylation is 2. The SMILES string of the molecule is CCn1ccc2nc(Nc3ccccc3C)c(NC(=O)c3cc(F)cc(C(F)(F)F)c3)cc2c1=O. The maximum Gasteiger partial charge on any atom is 0.416 e. The molecule has 0 unspecified atom stereocenters. The smallest absolute Gasteiger partial charge is 0.338 e. The number of aromatic nitrogens is 2. The molecule has 0 aliphatic carbocycles. The van der Waals surface area contributed by atoms with Gasteiger partial charge in [0, 0.05) is 24.0 Å². The highest BCUT2D eigenvalue weighted by atomic mass is 19.4. The Morgan fingerprint density at radius 2 is 1.80 bits per heavy atom. The number of hydrogen-bond donors (Lipinski definition) is 2. The van der Waals surface area contributed by atoms with Crippen LogP contribution in [-0.4, -0.2) is 15.5 Å². The van der Waals surface area contributed by atoms with Crippen LogP contribution in [-0.2, 0) is 12.7 Å². The molecule has 6 nitrogen and oxygen atoms in total. The molecule has 10 heteroatoms. The summed E-state index contributed by atoms with van der Waals surface area (Å²) in [5.41, 5.74) is -0.217. The van der Waals surface area contributed by atoms with Crippen LogP contribution in [0, 0.1) is 12.7 Å². The average molecular weight is 484 g/mol. The van der Waals surface area contributed by atoms with E-state index in [4.69, 9.17) is 0 Å². The fourth-order valence-corrected chi connectivity index (χ4v) is 3.57. The van der Waals surface area contributed by atoms with E-state index in [0.29, 0.717) is 35.9 Å². The second kappa shape index (κ2) is 9.21. The van der Waals surface area contributed by atoms with Gasteiger partial charge in [0.1, 0.15) is 5.82 Å². The third-order valence-electron chi connectivity index (χ3n) is 5.43. The van der Waals surface area contributed by atoms with Gasteiger partial charge in [-0.2, -0.15) is 13.2 Å². The predicted molar refractivity (Wildman–Crippen MR) is 125 cm³/mol. The number of carbonyl (C=O) groups excluding carboxylic acids is 1. The highest BCUT2D eigenvalue weighted by Gasteiger charge is 2.32. The number of nitrogens with one attached hydrogen (secondary N) is 2. The quantitative estimate of drug-likeness (QED) is 0.347. The van der Waals surface area contributed by atoms with Crippen LogP contribution < -0.4 is 16.2 Å². The first-order valence-electron chi connectivity index (χ1n) is 10.6. The van der Waals surface area contributed by atoms with Crippen molar-refractivity contribution in [2.75, 3.05) is 10.6 Å². The van der Waals surface area contributed by atoms with E-state index in [-0.39, 0.29) is 22.5 Å². The number of amides is 1. The highest BCUT2D eigenvalue weighted by molar-refractivity contribution is 6.07. The van der Waals surface area contributed by atoms with Crippen LogP contribution in [0.25, 0.3) is 10.9 Å². The Morgan fingerprint density at radius 1 is 1.06 bits per heavy atom. The molecule has 0 bridgehead atoms. The number of rotatable bonds is 5. The Balaban J connectivity index is 1.82. The Morgan fingerprint density at radius 3 is 2.49 bits per heavy atom. The van der Waals surface area contributed by atoms with Crippen LogP contribution in [0.3, 0.4) is 0 Å². The average Bonchev–Trinajstić information content (AvgIpc) is 2.80. The van der Waals surface area contributed by atoms with Crippen LogP contribution >= 0.6 is 0 Å². The Kier molecular flexibility index (Phi) is 6.29. The summed E-state index contributed by atoms with van der Waals surface area (Å²) in [6.45, 7) is 4.05. The van der Waals surface area contributed by atoms with Crippen LogP contribution in [0.15, 0.2) is 65.6 Å². The number of pyridine rings is 2. The van der Waals surface area contributed by atoms with Crippen molar-refractivity contribution < 1.29 is 22.4 Å². The fourth-order valence-electron chi connectivity index (χ4n) is 3.57. The van der Waals surface area contributed by atoms with Gasteiger partial charge in [0.25, 0.3) is 11.5 Å². The Hall–Kier alpha value is -4.21. The standard InChI is InChI=1S/C25H20F4N4O2/c1-3-33-9-8-20-18(24(33)35)13-21(22(31-20)30-19-7-5-4-6-14(19)2)32-23(34)15-10-16(25(27,28)29)12-17(26)11-15/h4-13H,3H2,1-2H3,(H,30,31)(H,32,34). The summed E-state index contributed by atoms with van der Waals surface area (Å²) in [6, 6.07) is 11.9. The maximum absolute atomic E-state index is 13.9. The molecule has 2 aromatic carbocycles. The van der Waals surface area contributed by atoms with Crippen LogP contribution in [0.5, 0.6) is 0 Å². The lowest BCUT2D eigenvalue weighted by Crippen LogP contribution is -2.20. The zero-order valence-corrected chi connectivity index (χ0v) is 18.7. The minimum Gasteiger partial charge on any atom is -0.338 e. The van der Waals surface area contributed by atoms with Crippen molar-refractivity contribution in [3.8, 4) is 0 Å². The molecule has 2 aromatic heterocycles. The predicted octanol–water partition coefficient (Wildman–Crippen LogP) is 5.88. The number of nitrogens with zero attached hydrogens (tertiary/aromatic N) is 2. The van der Waals surface area contributed by atoms with Crippen LogP contribution in [0.1, 0.15) is 28.4 Å². The van der Waals surface area contributed by atoms with E-state index in [1.165, 1.54) is 10.6 Å². The van der Waals surface area contributed by atoms with Crippen molar-refractivity contribution in [3.63, 3.8) is 0 Å². The summed E-state index contributed by atoms with van der Waals surface area (Å²) < 4.78 is 54.7. The van der Waals surface area contributed by atoms with E-state index < -0.39 is 29.0 Å². The van der Waals surface area contributed by atoms with Gasteiger partial charge in [0.05, 0.1) is 22.2 Å². The summed E-state index contributed by atoms with van der Waals surface area (Å²) in [6.07, 6.45) is -3.23. The van der Waals surface area contributed by atoms with Gasteiger partial charge < -0.3 is 15.2 Å². The lowest BCUT2D eigenvalue weighted by Gasteiger charge is -2.16. The van der Waals surface area contributed by atoms with Crippen LogP contribution in [0.4, 0.5) is 34.8 Å². The molecule has 4 rings (SSSR count). The Bertz CT molecular complexity index is 1500. The third kappa shape index (κ3) is 5.01. The van der Waals surface area contributed by atoms with Gasteiger partial charge in [-0.1, -0.05) is 18.2 Å². The minimum atomic E-state index is -4.83. The molecular weight excluding hydrogens is 464 g/mol. The van der Waals surface area contributed by atoms with Gasteiger partial charge in [-0.25, -0.2) is 9.37 Å². The molecule has 1 amide bonds. The number of halogens is 4. The number of para-hydroxylation sites is 1. The molecule has 0 aliphatic heterocycles. The number of anilines is 3. The Labute approximate surface area is 197 Å². The molecule has 0 spiro atoms. The molecule has 2 heterocycles. The molecule has 0 fully saturated rings. The van der Waals surface area contributed by atoms with Gasteiger partial charge in [-0.3, -0.25) is 9.59 Å². The largest absolute Gasteiger partial charge is 0.416 e. The van der Waals surface area contributed by atoms with Gasteiger partial charge >= 0.3 is 6.18 Å². The second-order valence-electron chi connectivity index (χ2n) is 7.84. The van der Waals surface area contributed by atoms with Gasteiger partial charge in [-0.05, 0) is 55.8 Å². The summed E-state index contributed by atoms with van der Waals surface area (Å²) in [5.74, 6) is -2.03. The molecule has 4 aromatic rings. The van der Waals surface area contributed by atoms with E-state index in [9.17, 15) is 27.2 Å². The van der Waals surface area contributed by atoms with Gasteiger partial charge in [0.15, 0.2) is 5.82 Å². The van der Waals surface area contributed by atoms with Gasteiger partial charge in [-0.15, -0.1) is 0 Å². The molecule has 0 atom stereocenters. The first kappa shape index (κ1) is 23.9. The summed E-state index contributed by atoms with van der Waals surface area (Å²) in [5, 5.41) is 5.78. The second-order valence-corrected chi connectivity index (χ2v) is 7.84. The fraction of sp³-hybridized carbons (Fsp3) is 0.160. The molecule has 0 aliphatic rings. The monoisotopic (exact) mass is 484 g/mol. The molecule has 2 N–H and O–H groups in total. The number of fused-ring (bicyclic) bond motifs is 1. The summed E-state index contributed by atoms with van der Waals surface area (Å²) in [4.78, 5) is 30.2. The molecule has 0 saturated heterocycles. The van der Waals surface area contributed by atoms with Crippen molar-refractivity contribution in [1.82, 2.24) is 9.55 Å². The van der Waals surface area contributed by atoms with E-state index in [2.05, 4.69) is 15.6 Å². The molecular formula is C25H20F4N4O2. The number of benzene rings is 2. The summed E-state index contributed by atoms with van der Waals surface area (Å²) >= 11 is 0. The zero-order chi connectivity index (χ0) is 25.3. The number of alkyl halides is 3. The van der Waals surface area contributed by atoms with Crippen molar-refractivity contribution in [2.24, 2.45) is 0 Å². The first-order chi connectivity index (χ1) is 16.6. The van der Waals surface area contributed by atoms with Gasteiger partial charge in [0.2, 0.25) is 0 Å². The lowest BCUT2D eigenvalue weighted by molar-refractivity contribution is -0.137. The minimum absolute atomic E-state index is 0.0505. The van der Waals surface area contributed by atoms with E-state index >= 15 is 0 Å². The first-order valence-corrected chi connectivity index (χ1v) is 10.6. The zero-order valence-electron chi connectivity index (χ0n) is 18.7. The molecule has 0 radical (unpaired) electrons. The van der Waals surface area contributed by atoms with E-state index in [1.807, 2.05) is 19.1 Å². The normalized spacial score (nSPS) is 11.5. The van der Waals surface area contributed by atoms with Crippen molar-refractivity contribution in [2.45, 2.75) is 26.6 Å².